The molecule has 168 valence electrons. The Kier molecular flexibility index (Phi) is 5.17. The van der Waals surface area contributed by atoms with Crippen molar-refractivity contribution in [2.45, 2.75) is 23.3 Å². The zero-order valence-corrected chi connectivity index (χ0v) is 18.2. The first-order valence-corrected chi connectivity index (χ1v) is 12.0. The van der Waals surface area contributed by atoms with Gasteiger partial charge in [0.05, 0.1) is 16.5 Å². The third kappa shape index (κ3) is 3.98. The molecular weight excluding hydrogens is 443 g/mol. The van der Waals surface area contributed by atoms with Crippen molar-refractivity contribution in [1.82, 2.24) is 0 Å². The standard InChI is InChI=1S/C25H21FN2O4S/c26-17-8-4-15(5-9-17)24-21-3-1-2-20(21)22-14-19(12-13-23(22)27-24)33(31,32)28-18-10-6-16(7-11-18)25(29)30/h1-2,4-14,20-21,24,27-28H,3H2,(H,29,30)/t20-,21+,24+/m0/s1. The number of carboxylic acid groups (broad SMARTS) is 1. The van der Waals surface area contributed by atoms with Crippen LogP contribution in [0, 0.1) is 11.7 Å². The normalized spacial score (nSPS) is 21.1. The van der Waals surface area contributed by atoms with Gasteiger partial charge in [-0.25, -0.2) is 17.6 Å². The first kappa shape index (κ1) is 21.2. The van der Waals surface area contributed by atoms with E-state index < -0.39 is 16.0 Å². The van der Waals surface area contributed by atoms with Crippen LogP contribution < -0.4 is 10.0 Å². The Hall–Kier alpha value is -3.65. The molecule has 0 fully saturated rings. The maximum atomic E-state index is 13.4. The summed E-state index contributed by atoms with van der Waals surface area (Å²) in [4.78, 5) is 11.1. The predicted molar refractivity (Wildman–Crippen MR) is 123 cm³/mol. The lowest BCUT2D eigenvalue weighted by molar-refractivity contribution is 0.0697. The Morgan fingerprint density at radius 1 is 1.03 bits per heavy atom. The Morgan fingerprint density at radius 3 is 2.45 bits per heavy atom. The minimum Gasteiger partial charge on any atom is -0.478 e. The molecule has 0 unspecified atom stereocenters. The molecule has 3 aromatic rings. The number of halogens is 1. The molecule has 8 heteroatoms. The van der Waals surface area contributed by atoms with Crippen LogP contribution in [-0.2, 0) is 10.0 Å². The number of carbonyl (C=O) groups is 1. The van der Waals surface area contributed by atoms with Gasteiger partial charge in [0.25, 0.3) is 10.0 Å². The molecule has 0 radical (unpaired) electrons. The molecule has 0 saturated heterocycles. The quantitative estimate of drug-likeness (QED) is 0.454. The van der Waals surface area contributed by atoms with Gasteiger partial charge in [-0.15, -0.1) is 0 Å². The number of benzene rings is 3. The molecule has 3 aromatic carbocycles. The minimum absolute atomic E-state index is 0.00793. The van der Waals surface area contributed by atoms with Crippen molar-refractivity contribution in [3.8, 4) is 0 Å². The summed E-state index contributed by atoms with van der Waals surface area (Å²) in [5.74, 6) is -1.13. The average Bonchev–Trinajstić information content (AvgIpc) is 3.29. The predicted octanol–water partition coefficient (Wildman–Crippen LogP) is 5.15. The molecule has 0 bridgehead atoms. The zero-order chi connectivity index (χ0) is 23.2. The van der Waals surface area contributed by atoms with E-state index >= 15 is 0 Å². The largest absolute Gasteiger partial charge is 0.478 e. The summed E-state index contributed by atoms with van der Waals surface area (Å²) in [5.41, 5.74) is 3.10. The van der Waals surface area contributed by atoms with Crippen LogP contribution in [0.2, 0.25) is 0 Å². The summed E-state index contributed by atoms with van der Waals surface area (Å²) >= 11 is 0. The van der Waals surface area contributed by atoms with Gasteiger partial charge in [0.15, 0.2) is 0 Å². The van der Waals surface area contributed by atoms with E-state index in [-0.39, 0.29) is 39.8 Å². The van der Waals surface area contributed by atoms with Crippen LogP contribution in [0.15, 0.2) is 83.8 Å². The van der Waals surface area contributed by atoms with Gasteiger partial charge in [0.1, 0.15) is 5.82 Å². The SMILES string of the molecule is O=C(O)c1ccc(NS(=O)(=O)c2ccc3c(c2)[C@H]2C=CC[C@H]2[C@@H](c2ccc(F)cc2)N3)cc1. The highest BCUT2D eigenvalue weighted by molar-refractivity contribution is 7.92. The smallest absolute Gasteiger partial charge is 0.335 e. The fourth-order valence-electron chi connectivity index (χ4n) is 4.63. The van der Waals surface area contributed by atoms with Crippen LogP contribution >= 0.6 is 0 Å². The van der Waals surface area contributed by atoms with Gasteiger partial charge in [0.2, 0.25) is 0 Å². The van der Waals surface area contributed by atoms with Crippen LogP contribution in [0.5, 0.6) is 0 Å². The number of carboxylic acids is 1. The van der Waals surface area contributed by atoms with E-state index in [2.05, 4.69) is 22.2 Å². The van der Waals surface area contributed by atoms with Crippen LogP contribution in [-0.4, -0.2) is 19.5 Å². The van der Waals surface area contributed by atoms with E-state index in [0.717, 1.165) is 23.2 Å². The molecule has 3 atom stereocenters. The van der Waals surface area contributed by atoms with Gasteiger partial charge < -0.3 is 10.4 Å². The highest BCUT2D eigenvalue weighted by atomic mass is 32.2. The fourth-order valence-corrected chi connectivity index (χ4v) is 5.73. The Balaban J connectivity index is 1.45. The number of nitrogens with one attached hydrogen (secondary N) is 2. The molecule has 33 heavy (non-hydrogen) atoms. The van der Waals surface area contributed by atoms with Gasteiger partial charge in [-0.2, -0.15) is 0 Å². The number of sulfonamides is 1. The molecule has 2 aliphatic rings. The van der Waals surface area contributed by atoms with E-state index in [0.29, 0.717) is 0 Å². The number of hydrogen-bond acceptors (Lipinski definition) is 4. The van der Waals surface area contributed by atoms with Crippen LogP contribution in [0.1, 0.15) is 39.9 Å². The molecule has 0 aromatic heterocycles. The van der Waals surface area contributed by atoms with Gasteiger partial charge in [0, 0.05) is 17.3 Å². The fraction of sp³-hybridized carbons (Fsp3) is 0.160. The highest BCUT2D eigenvalue weighted by Gasteiger charge is 2.38. The van der Waals surface area contributed by atoms with Crippen molar-refractivity contribution in [2.75, 3.05) is 10.0 Å². The van der Waals surface area contributed by atoms with Crippen molar-refractivity contribution in [2.24, 2.45) is 5.92 Å². The lowest BCUT2D eigenvalue weighted by atomic mass is 9.77. The van der Waals surface area contributed by atoms with Gasteiger partial charge in [-0.05, 0) is 78.1 Å². The van der Waals surface area contributed by atoms with Crippen LogP contribution in [0.3, 0.4) is 0 Å². The number of anilines is 2. The minimum atomic E-state index is -3.87. The van der Waals surface area contributed by atoms with E-state index in [9.17, 15) is 17.6 Å². The molecule has 1 aliphatic heterocycles. The van der Waals surface area contributed by atoms with Crippen LogP contribution in [0.4, 0.5) is 15.8 Å². The molecular formula is C25H21FN2O4S. The summed E-state index contributed by atoms with van der Waals surface area (Å²) in [6.45, 7) is 0. The van der Waals surface area contributed by atoms with E-state index in [1.54, 1.807) is 30.3 Å². The van der Waals surface area contributed by atoms with Crippen LogP contribution in [0.25, 0.3) is 0 Å². The van der Waals surface area contributed by atoms with Crippen molar-refractivity contribution >= 4 is 27.4 Å². The third-order valence-corrected chi connectivity index (χ3v) is 7.64. The van der Waals surface area contributed by atoms with Crippen molar-refractivity contribution in [3.05, 3.63) is 101 Å². The molecule has 1 heterocycles. The summed E-state index contributed by atoms with van der Waals surface area (Å²) < 4.78 is 41.9. The Bertz CT molecular complexity index is 1350. The second-order valence-corrected chi connectivity index (χ2v) is 9.95. The molecule has 0 saturated carbocycles. The number of hydrogen-bond donors (Lipinski definition) is 3. The summed E-state index contributed by atoms with van der Waals surface area (Å²) in [5, 5.41) is 12.5. The number of fused-ring (bicyclic) bond motifs is 3. The summed E-state index contributed by atoms with van der Waals surface area (Å²) in [7, 11) is -3.87. The third-order valence-electron chi connectivity index (χ3n) is 6.26. The maximum Gasteiger partial charge on any atom is 0.335 e. The molecule has 6 nitrogen and oxygen atoms in total. The summed E-state index contributed by atoms with van der Waals surface area (Å²) in [6, 6.07) is 17.0. The highest BCUT2D eigenvalue weighted by Crippen LogP contribution is 2.50. The van der Waals surface area contributed by atoms with Gasteiger partial charge >= 0.3 is 5.97 Å². The molecule has 3 N–H and O–H groups in total. The molecule has 1 aliphatic carbocycles. The van der Waals surface area contributed by atoms with Gasteiger partial charge in [-0.3, -0.25) is 4.72 Å². The lowest BCUT2D eigenvalue weighted by Gasteiger charge is -2.37. The Labute approximate surface area is 190 Å². The number of rotatable bonds is 5. The first-order valence-electron chi connectivity index (χ1n) is 10.5. The average molecular weight is 465 g/mol. The number of allylic oxidation sites excluding steroid dienone is 2. The van der Waals surface area contributed by atoms with E-state index in [4.69, 9.17) is 5.11 Å². The monoisotopic (exact) mass is 464 g/mol. The second-order valence-electron chi connectivity index (χ2n) is 8.26. The zero-order valence-electron chi connectivity index (χ0n) is 17.4. The topological polar surface area (TPSA) is 95.5 Å². The molecule has 5 rings (SSSR count). The van der Waals surface area contributed by atoms with E-state index in [1.807, 2.05) is 0 Å². The molecule has 0 amide bonds. The van der Waals surface area contributed by atoms with Crippen molar-refractivity contribution < 1.29 is 22.7 Å². The lowest BCUT2D eigenvalue weighted by Crippen LogP contribution is -2.29. The Morgan fingerprint density at radius 2 is 1.76 bits per heavy atom. The molecule has 0 spiro atoms. The van der Waals surface area contributed by atoms with E-state index in [1.165, 1.54) is 36.4 Å². The number of aromatic carboxylic acids is 1. The maximum absolute atomic E-state index is 13.4. The second kappa shape index (κ2) is 8.04. The van der Waals surface area contributed by atoms with Crippen molar-refractivity contribution in [1.29, 1.82) is 0 Å². The first-order chi connectivity index (χ1) is 15.8. The van der Waals surface area contributed by atoms with Crippen molar-refractivity contribution in [3.63, 3.8) is 0 Å². The summed E-state index contributed by atoms with van der Waals surface area (Å²) in [6.07, 6.45) is 5.05. The van der Waals surface area contributed by atoms with Gasteiger partial charge in [-0.1, -0.05) is 24.3 Å².